The Bertz CT molecular complexity index is 677. The highest BCUT2D eigenvalue weighted by Gasteiger charge is 2.23. The number of thiazole rings is 1. The van der Waals surface area contributed by atoms with E-state index in [1.807, 2.05) is 37.5 Å². The minimum atomic E-state index is -0.406. The highest BCUT2D eigenvalue weighted by atomic mass is 32.1. The van der Waals surface area contributed by atoms with Gasteiger partial charge < -0.3 is 9.47 Å². The van der Waals surface area contributed by atoms with Gasteiger partial charge in [0.1, 0.15) is 5.78 Å². The molecule has 0 radical (unpaired) electrons. The van der Waals surface area contributed by atoms with Gasteiger partial charge in [-0.05, 0) is 45.6 Å². The lowest BCUT2D eigenvalue weighted by Gasteiger charge is -2.16. The lowest BCUT2D eigenvalue weighted by molar-refractivity contribution is -0.147. The molecule has 1 aromatic heterocycles. The van der Waals surface area contributed by atoms with Crippen molar-refractivity contribution in [3.8, 4) is 0 Å². The number of rotatable bonds is 2. The Morgan fingerprint density at radius 3 is 2.85 bits per heavy atom. The number of hydrogen-bond acceptors (Lipinski definition) is 6. The van der Waals surface area contributed by atoms with Crippen molar-refractivity contribution < 1.29 is 19.1 Å². The van der Waals surface area contributed by atoms with E-state index in [1.165, 1.54) is 0 Å². The first-order chi connectivity index (χ1) is 13.1. The van der Waals surface area contributed by atoms with Gasteiger partial charge in [-0.3, -0.25) is 9.59 Å². The summed E-state index contributed by atoms with van der Waals surface area (Å²) in [5.74, 6) is -0.478. The van der Waals surface area contributed by atoms with Crippen LogP contribution in [0.15, 0.2) is 23.1 Å². The smallest absolute Gasteiger partial charge is 0.313 e. The number of Topliss-reactive ketones (excluding diaryl/α,β-unsaturated/α-hetero) is 1. The summed E-state index contributed by atoms with van der Waals surface area (Å²) in [6, 6.07) is 0. The molecule has 5 nitrogen and oxygen atoms in total. The van der Waals surface area contributed by atoms with Crippen LogP contribution in [0.4, 0.5) is 0 Å². The highest BCUT2D eigenvalue weighted by molar-refractivity contribution is 7.09. The fourth-order valence-electron chi connectivity index (χ4n) is 2.93. The number of aromatic nitrogens is 1. The third kappa shape index (κ3) is 8.18. The number of carbonyl (C=O) groups excluding carboxylic acids is 2. The SMILES string of the molecule is CC(=Cc1csc(C)n1)C1CCC(=O)CCCCOCC=CCCOC1=O. The van der Waals surface area contributed by atoms with Crippen LogP contribution in [0.1, 0.15) is 56.2 Å². The largest absolute Gasteiger partial charge is 0.465 e. The van der Waals surface area contributed by atoms with Crippen molar-refractivity contribution >= 4 is 29.2 Å². The van der Waals surface area contributed by atoms with Crippen LogP contribution in [0.5, 0.6) is 0 Å². The summed E-state index contributed by atoms with van der Waals surface area (Å²) in [4.78, 5) is 29.2. The van der Waals surface area contributed by atoms with Crippen molar-refractivity contribution in [2.24, 2.45) is 5.92 Å². The van der Waals surface area contributed by atoms with Crippen molar-refractivity contribution in [3.63, 3.8) is 0 Å². The van der Waals surface area contributed by atoms with E-state index in [9.17, 15) is 9.59 Å². The lowest BCUT2D eigenvalue weighted by Crippen LogP contribution is -2.20. The van der Waals surface area contributed by atoms with Gasteiger partial charge in [0.15, 0.2) is 0 Å². The maximum atomic E-state index is 12.6. The molecule has 0 saturated carbocycles. The monoisotopic (exact) mass is 391 g/mol. The van der Waals surface area contributed by atoms with E-state index in [0.717, 1.165) is 29.1 Å². The molecule has 0 bridgehead atoms. The maximum Gasteiger partial charge on any atom is 0.313 e. The van der Waals surface area contributed by atoms with Gasteiger partial charge in [0, 0.05) is 24.8 Å². The molecule has 0 aliphatic carbocycles. The first-order valence-corrected chi connectivity index (χ1v) is 10.5. The molecule has 0 spiro atoms. The van der Waals surface area contributed by atoms with E-state index < -0.39 is 5.92 Å². The zero-order valence-corrected chi connectivity index (χ0v) is 17.1. The van der Waals surface area contributed by atoms with Crippen LogP contribution in [0, 0.1) is 12.8 Å². The predicted octanol–water partition coefficient (Wildman–Crippen LogP) is 4.51. The van der Waals surface area contributed by atoms with Crippen molar-refractivity contribution in [1.29, 1.82) is 0 Å². The Hall–Kier alpha value is -1.79. The Morgan fingerprint density at radius 2 is 2.07 bits per heavy atom. The predicted molar refractivity (Wildman–Crippen MR) is 108 cm³/mol. The number of carbonyl (C=O) groups is 2. The number of cyclic esters (lactones) is 1. The summed E-state index contributed by atoms with van der Waals surface area (Å²) < 4.78 is 10.9. The zero-order chi connectivity index (χ0) is 19.5. The second-order valence-electron chi connectivity index (χ2n) is 6.77. The molecule has 1 atom stereocenters. The minimum Gasteiger partial charge on any atom is -0.465 e. The molecule has 2 heterocycles. The van der Waals surface area contributed by atoms with Crippen LogP contribution in [0.3, 0.4) is 0 Å². The van der Waals surface area contributed by atoms with E-state index in [1.54, 1.807) is 11.3 Å². The summed E-state index contributed by atoms with van der Waals surface area (Å²) in [6.45, 7) is 5.43. The fraction of sp³-hybridized carbons (Fsp3) is 0.571. The molecule has 0 aromatic carbocycles. The number of esters is 1. The molecule has 27 heavy (non-hydrogen) atoms. The molecule has 0 fully saturated rings. The zero-order valence-electron chi connectivity index (χ0n) is 16.2. The van der Waals surface area contributed by atoms with E-state index in [2.05, 4.69) is 4.98 Å². The third-order valence-corrected chi connectivity index (χ3v) is 5.25. The van der Waals surface area contributed by atoms with Crippen LogP contribution < -0.4 is 0 Å². The van der Waals surface area contributed by atoms with E-state index >= 15 is 0 Å². The molecule has 0 N–H and O–H groups in total. The average Bonchev–Trinajstić information content (AvgIpc) is 3.03. The normalized spacial score (nSPS) is 21.9. The molecule has 1 aliphatic rings. The minimum absolute atomic E-state index is 0.192. The van der Waals surface area contributed by atoms with Crippen molar-refractivity contribution in [3.05, 3.63) is 33.8 Å². The molecule has 1 aromatic rings. The highest BCUT2D eigenvalue weighted by Crippen LogP contribution is 2.23. The second-order valence-corrected chi connectivity index (χ2v) is 7.83. The van der Waals surface area contributed by atoms with Crippen LogP contribution in [-0.2, 0) is 19.1 Å². The van der Waals surface area contributed by atoms with Gasteiger partial charge in [0.25, 0.3) is 0 Å². The molecule has 0 amide bonds. The number of nitrogens with zero attached hydrogens (tertiary/aromatic N) is 1. The van der Waals surface area contributed by atoms with Crippen LogP contribution in [0.25, 0.3) is 6.08 Å². The standard InChI is InChI=1S/C21H29NO4S/c1-16(14-18-15-27-17(2)22-18)20-10-9-19(23)8-4-7-12-25-11-5-3-6-13-26-21(20)24/h3,5,14-15,20H,4,6-13H2,1-2H3. The molecule has 1 aliphatic heterocycles. The first kappa shape index (κ1) is 21.5. The average molecular weight is 392 g/mol. The van der Waals surface area contributed by atoms with Crippen LogP contribution in [-0.4, -0.2) is 36.6 Å². The number of aryl methyl sites for hydroxylation is 1. The van der Waals surface area contributed by atoms with Crippen molar-refractivity contribution in [2.75, 3.05) is 19.8 Å². The van der Waals surface area contributed by atoms with E-state index in [-0.39, 0.29) is 11.8 Å². The third-order valence-electron chi connectivity index (χ3n) is 4.46. The molecular weight excluding hydrogens is 362 g/mol. The summed E-state index contributed by atoms with van der Waals surface area (Å²) >= 11 is 1.58. The van der Waals surface area contributed by atoms with Crippen LogP contribution >= 0.6 is 11.3 Å². The van der Waals surface area contributed by atoms with Gasteiger partial charge in [-0.15, -0.1) is 11.3 Å². The molecule has 1 unspecified atom stereocenters. The van der Waals surface area contributed by atoms with E-state index in [4.69, 9.17) is 9.47 Å². The van der Waals surface area contributed by atoms with Gasteiger partial charge >= 0.3 is 5.97 Å². The molecular formula is C21H29NO4S. The van der Waals surface area contributed by atoms with Gasteiger partial charge in [-0.25, -0.2) is 4.98 Å². The van der Waals surface area contributed by atoms with Crippen molar-refractivity contribution in [2.45, 2.75) is 52.4 Å². The quantitative estimate of drug-likeness (QED) is 0.548. The lowest BCUT2D eigenvalue weighted by atomic mass is 9.92. The Balaban J connectivity index is 2.07. The summed E-state index contributed by atoms with van der Waals surface area (Å²) in [5, 5.41) is 2.96. The van der Waals surface area contributed by atoms with Gasteiger partial charge in [0.05, 0.1) is 29.8 Å². The summed E-state index contributed by atoms with van der Waals surface area (Å²) in [6.07, 6.45) is 9.62. The molecule has 2 rings (SSSR count). The number of ketones is 1. The summed E-state index contributed by atoms with van der Waals surface area (Å²) in [5.41, 5.74) is 1.74. The Kier molecular flexibility index (Phi) is 9.42. The fourth-order valence-corrected chi connectivity index (χ4v) is 3.50. The number of ether oxygens (including phenoxy) is 2. The number of hydrogen-bond donors (Lipinski definition) is 0. The molecule has 0 saturated heterocycles. The second kappa shape index (κ2) is 11.8. The summed E-state index contributed by atoms with van der Waals surface area (Å²) in [7, 11) is 0. The van der Waals surface area contributed by atoms with E-state index in [0.29, 0.717) is 45.5 Å². The van der Waals surface area contributed by atoms with Crippen LogP contribution in [0.2, 0.25) is 0 Å². The van der Waals surface area contributed by atoms with Crippen molar-refractivity contribution in [1.82, 2.24) is 4.98 Å². The van der Waals surface area contributed by atoms with Gasteiger partial charge in [0.2, 0.25) is 0 Å². The Morgan fingerprint density at radius 1 is 1.22 bits per heavy atom. The van der Waals surface area contributed by atoms with Gasteiger partial charge in [-0.2, -0.15) is 0 Å². The topological polar surface area (TPSA) is 65.5 Å². The Labute approximate surface area is 165 Å². The molecule has 148 valence electrons. The maximum absolute atomic E-state index is 12.6. The molecule has 6 heteroatoms. The van der Waals surface area contributed by atoms with Gasteiger partial charge in [-0.1, -0.05) is 17.7 Å². The first-order valence-electron chi connectivity index (χ1n) is 9.57.